The molecule has 1 amide bonds. The van der Waals surface area contributed by atoms with Gasteiger partial charge in [0.2, 0.25) is 10.0 Å². The molecule has 27 heavy (non-hydrogen) atoms. The zero-order valence-corrected chi connectivity index (χ0v) is 15.7. The van der Waals surface area contributed by atoms with E-state index in [9.17, 15) is 13.2 Å². The first kappa shape index (κ1) is 19.1. The van der Waals surface area contributed by atoms with Crippen molar-refractivity contribution in [1.29, 1.82) is 5.26 Å². The molecular weight excluding hydrogens is 362 g/mol. The van der Waals surface area contributed by atoms with Gasteiger partial charge in [0, 0.05) is 24.3 Å². The highest BCUT2D eigenvalue weighted by Crippen LogP contribution is 2.23. The molecule has 0 unspecified atom stereocenters. The second-order valence-corrected chi connectivity index (χ2v) is 8.43. The van der Waals surface area contributed by atoms with Crippen molar-refractivity contribution in [1.82, 2.24) is 4.31 Å². The van der Waals surface area contributed by atoms with Crippen molar-refractivity contribution in [2.75, 3.05) is 18.4 Å². The Morgan fingerprint density at radius 3 is 2.41 bits per heavy atom. The number of hydrogen-bond acceptors (Lipinski definition) is 4. The van der Waals surface area contributed by atoms with Crippen LogP contribution in [0.15, 0.2) is 53.4 Å². The van der Waals surface area contributed by atoms with E-state index in [4.69, 9.17) is 5.26 Å². The minimum atomic E-state index is -3.58. The summed E-state index contributed by atoms with van der Waals surface area (Å²) in [6, 6.07) is 14.6. The third-order valence-electron chi connectivity index (χ3n) is 4.55. The highest BCUT2D eigenvalue weighted by molar-refractivity contribution is 7.89. The number of anilines is 1. The first-order valence-electron chi connectivity index (χ1n) is 8.92. The molecule has 1 heterocycles. The van der Waals surface area contributed by atoms with Gasteiger partial charge in [0.05, 0.1) is 16.5 Å². The van der Waals surface area contributed by atoms with Crippen LogP contribution < -0.4 is 5.32 Å². The fourth-order valence-corrected chi connectivity index (χ4v) is 4.66. The number of nitrogens with one attached hydrogen (secondary N) is 1. The molecule has 0 saturated carbocycles. The van der Waals surface area contributed by atoms with E-state index in [1.165, 1.54) is 16.4 Å². The Morgan fingerprint density at radius 1 is 1.00 bits per heavy atom. The Kier molecular flexibility index (Phi) is 5.89. The lowest BCUT2D eigenvalue weighted by atomic mass is 10.1. The molecule has 0 spiro atoms. The van der Waals surface area contributed by atoms with E-state index in [1.807, 2.05) is 6.07 Å². The van der Waals surface area contributed by atoms with Crippen molar-refractivity contribution in [2.45, 2.75) is 30.6 Å². The lowest BCUT2D eigenvalue weighted by Gasteiger charge is -2.20. The maximum Gasteiger partial charge on any atom is 0.255 e. The summed E-state index contributed by atoms with van der Waals surface area (Å²) in [6.45, 7) is 1.06. The van der Waals surface area contributed by atoms with Crippen molar-refractivity contribution in [3.8, 4) is 6.07 Å². The number of carbonyl (C=O) groups excluding carboxylic acids is 1. The van der Waals surface area contributed by atoms with Crippen LogP contribution in [0.1, 0.15) is 41.6 Å². The van der Waals surface area contributed by atoms with Crippen molar-refractivity contribution in [3.63, 3.8) is 0 Å². The standard InChI is InChI=1S/C20H21N3O3S/c21-15-16-7-5-8-17(13-16)20(24)22-18-9-6-10-19(14-18)27(25,26)23-11-3-1-2-4-12-23/h5-10,13-14H,1-4,11-12H2,(H,22,24). The molecule has 1 saturated heterocycles. The molecule has 2 aromatic carbocycles. The number of nitriles is 1. The quantitative estimate of drug-likeness (QED) is 0.876. The number of benzene rings is 2. The highest BCUT2D eigenvalue weighted by atomic mass is 32.2. The average molecular weight is 383 g/mol. The number of nitrogens with zero attached hydrogens (tertiary/aromatic N) is 2. The maximum atomic E-state index is 12.9. The molecule has 140 valence electrons. The van der Waals surface area contributed by atoms with Crippen LogP contribution in [0.2, 0.25) is 0 Å². The fourth-order valence-electron chi connectivity index (χ4n) is 3.10. The van der Waals surface area contributed by atoms with E-state index >= 15 is 0 Å². The summed E-state index contributed by atoms with van der Waals surface area (Å²) in [4.78, 5) is 12.6. The lowest BCUT2D eigenvalue weighted by molar-refractivity contribution is 0.102. The molecule has 0 atom stereocenters. The average Bonchev–Trinajstić information content (AvgIpc) is 2.98. The van der Waals surface area contributed by atoms with Gasteiger partial charge in [-0.1, -0.05) is 25.0 Å². The van der Waals surface area contributed by atoms with E-state index in [-0.39, 0.29) is 4.90 Å². The van der Waals surface area contributed by atoms with Crippen LogP contribution in [-0.2, 0) is 10.0 Å². The normalized spacial score (nSPS) is 15.5. The van der Waals surface area contributed by atoms with E-state index in [0.29, 0.717) is 29.9 Å². The van der Waals surface area contributed by atoms with Crippen LogP contribution in [0.4, 0.5) is 5.69 Å². The van der Waals surface area contributed by atoms with Crippen LogP contribution in [0.3, 0.4) is 0 Å². The number of rotatable bonds is 4. The van der Waals surface area contributed by atoms with Crippen LogP contribution in [-0.4, -0.2) is 31.7 Å². The third kappa shape index (κ3) is 4.54. The summed E-state index contributed by atoms with van der Waals surface area (Å²) in [7, 11) is -3.58. The molecule has 0 bridgehead atoms. The largest absolute Gasteiger partial charge is 0.322 e. The third-order valence-corrected chi connectivity index (χ3v) is 6.44. The minimum Gasteiger partial charge on any atom is -0.322 e. The molecule has 0 aromatic heterocycles. The van der Waals surface area contributed by atoms with Gasteiger partial charge in [0.15, 0.2) is 0 Å². The maximum absolute atomic E-state index is 12.9. The van der Waals surface area contributed by atoms with Crippen LogP contribution in [0, 0.1) is 11.3 Å². The Hall–Kier alpha value is -2.69. The molecule has 1 N–H and O–H groups in total. The first-order chi connectivity index (χ1) is 13.0. The van der Waals surface area contributed by atoms with Gasteiger partial charge in [-0.15, -0.1) is 0 Å². The lowest BCUT2D eigenvalue weighted by Crippen LogP contribution is -2.32. The molecule has 7 heteroatoms. The zero-order valence-electron chi connectivity index (χ0n) is 14.9. The summed E-state index contributed by atoms with van der Waals surface area (Å²) in [5.41, 5.74) is 1.13. The summed E-state index contributed by atoms with van der Waals surface area (Å²) in [6.07, 6.45) is 3.82. The topological polar surface area (TPSA) is 90.3 Å². The van der Waals surface area contributed by atoms with Gasteiger partial charge in [0.25, 0.3) is 5.91 Å². The number of amides is 1. The van der Waals surface area contributed by atoms with Gasteiger partial charge < -0.3 is 5.32 Å². The Morgan fingerprint density at radius 2 is 1.70 bits per heavy atom. The predicted molar refractivity (Wildman–Crippen MR) is 103 cm³/mol. The van der Waals surface area contributed by atoms with Crippen LogP contribution in [0.25, 0.3) is 0 Å². The predicted octanol–water partition coefficient (Wildman–Crippen LogP) is 3.38. The van der Waals surface area contributed by atoms with Crippen molar-refractivity contribution >= 4 is 21.6 Å². The van der Waals surface area contributed by atoms with Crippen LogP contribution >= 0.6 is 0 Å². The SMILES string of the molecule is N#Cc1cccc(C(=O)Nc2cccc(S(=O)(=O)N3CCCCCC3)c2)c1. The Balaban J connectivity index is 1.80. The number of carbonyl (C=O) groups is 1. The summed E-state index contributed by atoms with van der Waals surface area (Å²) >= 11 is 0. The molecule has 3 rings (SSSR count). The van der Waals surface area contributed by atoms with E-state index < -0.39 is 15.9 Å². The molecule has 6 nitrogen and oxygen atoms in total. The molecule has 0 aliphatic carbocycles. The van der Waals surface area contributed by atoms with E-state index in [1.54, 1.807) is 36.4 Å². The Labute approximate surface area is 159 Å². The summed E-state index contributed by atoms with van der Waals surface area (Å²) < 4.78 is 27.3. The van der Waals surface area contributed by atoms with Crippen LogP contribution in [0.5, 0.6) is 0 Å². The van der Waals surface area contributed by atoms with Gasteiger partial charge in [0.1, 0.15) is 0 Å². The second kappa shape index (κ2) is 8.33. The number of sulfonamides is 1. The molecule has 1 aliphatic heterocycles. The van der Waals surface area contributed by atoms with Crippen molar-refractivity contribution in [3.05, 3.63) is 59.7 Å². The smallest absolute Gasteiger partial charge is 0.255 e. The molecule has 1 aliphatic rings. The highest BCUT2D eigenvalue weighted by Gasteiger charge is 2.25. The molecule has 1 fully saturated rings. The van der Waals surface area contributed by atoms with Gasteiger partial charge in [-0.25, -0.2) is 8.42 Å². The zero-order chi connectivity index (χ0) is 19.3. The molecular formula is C20H21N3O3S. The van der Waals surface area contributed by atoms with E-state index in [0.717, 1.165) is 25.7 Å². The summed E-state index contributed by atoms with van der Waals surface area (Å²) in [5, 5.41) is 11.7. The van der Waals surface area contributed by atoms with E-state index in [2.05, 4.69) is 5.32 Å². The van der Waals surface area contributed by atoms with Crippen molar-refractivity contribution < 1.29 is 13.2 Å². The van der Waals surface area contributed by atoms with Gasteiger partial charge in [-0.3, -0.25) is 4.79 Å². The van der Waals surface area contributed by atoms with Crippen molar-refractivity contribution in [2.24, 2.45) is 0 Å². The molecule has 0 radical (unpaired) electrons. The second-order valence-electron chi connectivity index (χ2n) is 6.49. The Bertz CT molecular complexity index is 972. The monoisotopic (exact) mass is 383 g/mol. The number of hydrogen-bond donors (Lipinski definition) is 1. The van der Waals surface area contributed by atoms with Gasteiger partial charge >= 0.3 is 0 Å². The summed E-state index contributed by atoms with van der Waals surface area (Å²) in [5.74, 6) is -0.392. The van der Waals surface area contributed by atoms with Gasteiger partial charge in [-0.2, -0.15) is 9.57 Å². The first-order valence-corrected chi connectivity index (χ1v) is 10.4. The fraction of sp³-hybridized carbons (Fsp3) is 0.300. The van der Waals surface area contributed by atoms with Gasteiger partial charge in [-0.05, 0) is 49.2 Å². The molecule has 2 aromatic rings. The minimum absolute atomic E-state index is 0.174.